The number of rotatable bonds is 3. The Morgan fingerprint density at radius 3 is 2.69 bits per heavy atom. The van der Waals surface area contributed by atoms with E-state index in [1.165, 1.54) is 18.8 Å². The largest absolute Gasteiger partial charge is 0.288 e. The van der Waals surface area contributed by atoms with Crippen molar-refractivity contribution < 1.29 is 13.6 Å². The lowest BCUT2D eigenvalue weighted by Crippen LogP contribution is -2.33. The third-order valence-electron chi connectivity index (χ3n) is 4.33. The van der Waals surface area contributed by atoms with Crippen molar-refractivity contribution in [1.82, 2.24) is 30.0 Å². The molecule has 1 atom stereocenters. The van der Waals surface area contributed by atoms with E-state index in [1.54, 1.807) is 0 Å². The second kappa shape index (κ2) is 6.71. The molecule has 1 saturated carbocycles. The van der Waals surface area contributed by atoms with Crippen LogP contribution in [0.5, 0.6) is 0 Å². The van der Waals surface area contributed by atoms with E-state index in [9.17, 15) is 18.4 Å². The Balaban J connectivity index is 2.00. The first-order valence-electron chi connectivity index (χ1n) is 7.88. The molecule has 1 aliphatic carbocycles. The van der Waals surface area contributed by atoms with E-state index in [-0.39, 0.29) is 35.1 Å². The molecule has 140 valence electrons. The SMILES string of the molecule is Cn1nnnc1NC(=O)c1nn(C)c(=O)c(C2CCCC(F)(F)C2)c1Cl. The lowest BCUT2D eigenvalue weighted by molar-refractivity contribution is -0.0409. The second-order valence-electron chi connectivity index (χ2n) is 6.23. The fourth-order valence-electron chi connectivity index (χ4n) is 3.05. The van der Waals surface area contributed by atoms with Crippen LogP contribution in [0, 0.1) is 0 Å². The first kappa shape index (κ1) is 18.4. The summed E-state index contributed by atoms with van der Waals surface area (Å²) < 4.78 is 29.7. The molecule has 1 unspecified atom stereocenters. The number of anilines is 1. The monoisotopic (exact) mass is 387 g/mol. The van der Waals surface area contributed by atoms with E-state index >= 15 is 0 Å². The molecule has 1 aliphatic rings. The van der Waals surface area contributed by atoms with Crippen molar-refractivity contribution in [2.45, 2.75) is 37.5 Å². The number of halogens is 3. The predicted octanol–water partition coefficient (Wildman–Crippen LogP) is 1.50. The Kier molecular flexibility index (Phi) is 4.74. The zero-order chi connectivity index (χ0) is 19.1. The van der Waals surface area contributed by atoms with Crippen molar-refractivity contribution >= 4 is 23.5 Å². The number of aromatic nitrogens is 6. The molecule has 1 amide bonds. The number of amides is 1. The van der Waals surface area contributed by atoms with Crippen LogP contribution in [0.2, 0.25) is 5.02 Å². The van der Waals surface area contributed by atoms with Crippen LogP contribution in [0.25, 0.3) is 0 Å². The number of nitrogens with zero attached hydrogens (tertiary/aromatic N) is 6. The molecule has 0 aliphatic heterocycles. The summed E-state index contributed by atoms with van der Waals surface area (Å²) in [7, 11) is 2.85. The average Bonchev–Trinajstić information content (AvgIpc) is 2.95. The lowest BCUT2D eigenvalue weighted by atomic mass is 9.82. The van der Waals surface area contributed by atoms with Crippen molar-refractivity contribution in [3.8, 4) is 0 Å². The summed E-state index contributed by atoms with van der Waals surface area (Å²) >= 11 is 6.25. The number of nitrogens with one attached hydrogen (secondary N) is 1. The molecular weight excluding hydrogens is 372 g/mol. The standard InChI is InChI=1S/C14H16ClF2N7O2/c1-23-12(26)8(7-4-3-5-14(16,17)6-7)9(15)10(20-23)11(25)18-13-19-21-22-24(13)2/h7H,3-6H2,1-2H3,(H,18,19,22,25). The zero-order valence-corrected chi connectivity index (χ0v) is 14.8. The minimum Gasteiger partial charge on any atom is -0.288 e. The van der Waals surface area contributed by atoms with Gasteiger partial charge in [-0.25, -0.2) is 18.1 Å². The summed E-state index contributed by atoms with van der Waals surface area (Å²) in [5, 5.41) is 16.6. The minimum atomic E-state index is -2.87. The Hall–Kier alpha value is -2.43. The van der Waals surface area contributed by atoms with Crippen LogP contribution in [-0.4, -0.2) is 41.8 Å². The van der Waals surface area contributed by atoms with Gasteiger partial charge in [-0.2, -0.15) is 5.10 Å². The third kappa shape index (κ3) is 3.43. The van der Waals surface area contributed by atoms with Crippen LogP contribution in [0.3, 0.4) is 0 Å². The fraction of sp³-hybridized carbons (Fsp3) is 0.571. The highest BCUT2D eigenvalue weighted by Gasteiger charge is 2.39. The highest BCUT2D eigenvalue weighted by atomic mass is 35.5. The Morgan fingerprint density at radius 2 is 2.08 bits per heavy atom. The van der Waals surface area contributed by atoms with Gasteiger partial charge in [0, 0.05) is 32.5 Å². The van der Waals surface area contributed by atoms with E-state index < -0.39 is 29.7 Å². The van der Waals surface area contributed by atoms with Gasteiger partial charge < -0.3 is 0 Å². The molecule has 2 aromatic rings. The number of hydrogen-bond acceptors (Lipinski definition) is 6. The quantitative estimate of drug-likeness (QED) is 0.855. The van der Waals surface area contributed by atoms with Crippen molar-refractivity contribution in [2.24, 2.45) is 14.1 Å². The van der Waals surface area contributed by atoms with Gasteiger partial charge in [0.25, 0.3) is 11.5 Å². The van der Waals surface area contributed by atoms with Crippen LogP contribution < -0.4 is 10.9 Å². The summed E-state index contributed by atoms with van der Waals surface area (Å²) in [6, 6.07) is 0. The topological polar surface area (TPSA) is 108 Å². The first-order chi connectivity index (χ1) is 12.2. The predicted molar refractivity (Wildman–Crippen MR) is 87.4 cm³/mol. The zero-order valence-electron chi connectivity index (χ0n) is 14.0. The van der Waals surface area contributed by atoms with Crippen molar-refractivity contribution in [2.75, 3.05) is 5.32 Å². The van der Waals surface area contributed by atoms with Gasteiger partial charge >= 0.3 is 0 Å². The molecule has 2 heterocycles. The number of carbonyl (C=O) groups excluding carboxylic acids is 1. The third-order valence-corrected chi connectivity index (χ3v) is 4.71. The van der Waals surface area contributed by atoms with Crippen LogP contribution in [-0.2, 0) is 14.1 Å². The second-order valence-corrected chi connectivity index (χ2v) is 6.61. The maximum atomic E-state index is 13.8. The molecule has 1 N–H and O–H groups in total. The molecule has 2 aromatic heterocycles. The van der Waals surface area contributed by atoms with Gasteiger partial charge in [-0.15, -0.1) is 0 Å². The number of alkyl halides is 2. The van der Waals surface area contributed by atoms with Gasteiger partial charge in [0.15, 0.2) is 5.69 Å². The summed E-state index contributed by atoms with van der Waals surface area (Å²) in [6.07, 6.45) is -0.0479. The van der Waals surface area contributed by atoms with Gasteiger partial charge in [0.2, 0.25) is 11.9 Å². The maximum absolute atomic E-state index is 13.8. The molecule has 12 heteroatoms. The molecule has 0 spiro atoms. The smallest absolute Gasteiger partial charge is 0.280 e. The number of carbonyl (C=O) groups is 1. The highest BCUT2D eigenvalue weighted by molar-refractivity contribution is 6.34. The van der Waals surface area contributed by atoms with E-state index in [0.717, 1.165) is 4.68 Å². The number of hydrogen-bond donors (Lipinski definition) is 1. The molecule has 3 rings (SSSR count). The van der Waals surface area contributed by atoms with Gasteiger partial charge in [0.1, 0.15) is 0 Å². The first-order valence-corrected chi connectivity index (χ1v) is 8.25. The summed E-state index contributed by atoms with van der Waals surface area (Å²) in [6.45, 7) is 0. The van der Waals surface area contributed by atoms with Gasteiger partial charge in [-0.3, -0.25) is 14.9 Å². The Labute approximate surface area is 151 Å². The van der Waals surface area contributed by atoms with E-state index in [1.807, 2.05) is 0 Å². The normalized spacial score (nSPS) is 19.3. The van der Waals surface area contributed by atoms with Gasteiger partial charge in [-0.1, -0.05) is 16.7 Å². The number of aryl methyl sites for hydroxylation is 2. The molecule has 0 radical (unpaired) electrons. The van der Waals surface area contributed by atoms with Gasteiger partial charge in [-0.05, 0) is 29.2 Å². The Bertz CT molecular complexity index is 911. The van der Waals surface area contributed by atoms with Crippen LogP contribution in [0.15, 0.2) is 4.79 Å². The molecule has 0 bridgehead atoms. The minimum absolute atomic E-state index is 0.00946. The van der Waals surface area contributed by atoms with Crippen molar-refractivity contribution in [1.29, 1.82) is 0 Å². The van der Waals surface area contributed by atoms with Gasteiger partial charge in [0.05, 0.1) is 5.02 Å². The summed E-state index contributed by atoms with van der Waals surface area (Å²) in [4.78, 5) is 24.9. The molecule has 0 aromatic carbocycles. The maximum Gasteiger partial charge on any atom is 0.280 e. The summed E-state index contributed by atoms with van der Waals surface area (Å²) in [5.41, 5.74) is -0.847. The van der Waals surface area contributed by atoms with E-state index in [0.29, 0.717) is 6.42 Å². The molecule has 9 nitrogen and oxygen atoms in total. The van der Waals surface area contributed by atoms with Crippen molar-refractivity contribution in [3.63, 3.8) is 0 Å². The van der Waals surface area contributed by atoms with Crippen molar-refractivity contribution in [3.05, 3.63) is 26.6 Å². The van der Waals surface area contributed by atoms with Crippen LogP contribution in [0.4, 0.5) is 14.7 Å². The molecule has 0 saturated heterocycles. The Morgan fingerprint density at radius 1 is 1.35 bits per heavy atom. The highest BCUT2D eigenvalue weighted by Crippen LogP contribution is 2.42. The van der Waals surface area contributed by atoms with Crippen LogP contribution >= 0.6 is 11.6 Å². The fourth-order valence-corrected chi connectivity index (χ4v) is 3.41. The average molecular weight is 388 g/mol. The number of tetrazole rings is 1. The molecular formula is C14H16ClF2N7O2. The van der Waals surface area contributed by atoms with Crippen LogP contribution in [0.1, 0.15) is 47.7 Å². The summed E-state index contributed by atoms with van der Waals surface area (Å²) in [5.74, 6) is -4.30. The van der Waals surface area contributed by atoms with E-state index in [2.05, 4.69) is 25.9 Å². The lowest BCUT2D eigenvalue weighted by Gasteiger charge is -2.29. The van der Waals surface area contributed by atoms with E-state index in [4.69, 9.17) is 11.6 Å². The molecule has 1 fully saturated rings. The molecule has 26 heavy (non-hydrogen) atoms.